The molecule has 12 heteroatoms. The van der Waals surface area contributed by atoms with E-state index in [1.807, 2.05) is 30.3 Å². The minimum atomic E-state index is 0. The SMILES string of the molecule is C1CNCCN1.Cc1cc2c(s1)Nc1ccccc1N=C2N.Cc1cc2c(s1)Nc1ccccc1N=C2N1CCNCC1.Cl. The molecule has 4 aliphatic heterocycles. The summed E-state index contributed by atoms with van der Waals surface area (Å²) in [5.41, 5.74) is 12.2. The molecule has 2 fully saturated rings. The number of halogens is 1. The predicted molar refractivity (Wildman–Crippen MR) is 192 cm³/mol. The van der Waals surface area contributed by atoms with E-state index in [1.165, 1.54) is 20.3 Å². The van der Waals surface area contributed by atoms with Crippen LogP contribution in [0.15, 0.2) is 70.6 Å². The number of thiophene rings is 2. The van der Waals surface area contributed by atoms with Crippen molar-refractivity contribution in [3.05, 3.63) is 81.5 Å². The van der Waals surface area contributed by atoms with Crippen LogP contribution in [0.2, 0.25) is 0 Å². The van der Waals surface area contributed by atoms with Crippen LogP contribution in [-0.2, 0) is 0 Å². The number of anilines is 4. The van der Waals surface area contributed by atoms with Gasteiger partial charge < -0.3 is 37.2 Å². The molecule has 6 heterocycles. The summed E-state index contributed by atoms with van der Waals surface area (Å²) in [5, 5.41) is 19.1. The molecule has 232 valence electrons. The fraction of sp³-hybridized carbons (Fsp3) is 0.312. The Labute approximate surface area is 273 Å². The van der Waals surface area contributed by atoms with E-state index in [4.69, 9.17) is 10.7 Å². The highest BCUT2D eigenvalue weighted by atomic mass is 35.5. The lowest BCUT2D eigenvalue weighted by atomic mass is 10.2. The lowest BCUT2D eigenvalue weighted by Gasteiger charge is -2.30. The zero-order valence-corrected chi connectivity index (χ0v) is 27.5. The molecule has 0 amide bonds. The number of hydrogen-bond donors (Lipinski definition) is 6. The van der Waals surface area contributed by atoms with E-state index in [9.17, 15) is 0 Å². The molecule has 0 bridgehead atoms. The first-order valence-corrected chi connectivity index (χ1v) is 16.4. The molecule has 2 saturated heterocycles. The Morgan fingerprint density at radius 3 is 1.70 bits per heavy atom. The first-order chi connectivity index (χ1) is 21.0. The molecule has 0 radical (unpaired) electrons. The summed E-state index contributed by atoms with van der Waals surface area (Å²) < 4.78 is 0. The topological polar surface area (TPSA) is 114 Å². The quantitative estimate of drug-likeness (QED) is 0.142. The Kier molecular flexibility index (Phi) is 10.9. The van der Waals surface area contributed by atoms with E-state index in [0.29, 0.717) is 5.84 Å². The second kappa shape index (κ2) is 15.0. The van der Waals surface area contributed by atoms with Crippen molar-refractivity contribution in [2.45, 2.75) is 13.8 Å². The molecule has 9 nitrogen and oxygen atoms in total. The Morgan fingerprint density at radius 1 is 0.659 bits per heavy atom. The van der Waals surface area contributed by atoms with Gasteiger partial charge in [0.15, 0.2) is 0 Å². The van der Waals surface area contributed by atoms with Gasteiger partial charge in [0.2, 0.25) is 0 Å². The molecule has 0 atom stereocenters. The molecule has 7 N–H and O–H groups in total. The summed E-state index contributed by atoms with van der Waals surface area (Å²) in [6, 6.07) is 20.5. The highest BCUT2D eigenvalue weighted by molar-refractivity contribution is 7.17. The molecular formula is C32H40ClN9S2. The van der Waals surface area contributed by atoms with Gasteiger partial charge in [0, 0.05) is 62.1 Å². The maximum atomic E-state index is 5.99. The fourth-order valence-electron chi connectivity index (χ4n) is 5.25. The highest BCUT2D eigenvalue weighted by Crippen LogP contribution is 2.39. The highest BCUT2D eigenvalue weighted by Gasteiger charge is 2.24. The number of nitrogens with two attached hydrogens (primary N) is 1. The molecule has 4 aromatic rings. The van der Waals surface area contributed by atoms with Gasteiger partial charge in [0.05, 0.1) is 33.9 Å². The number of para-hydroxylation sites is 4. The summed E-state index contributed by atoms with van der Waals surface area (Å²) in [4.78, 5) is 14.3. The van der Waals surface area contributed by atoms with E-state index >= 15 is 0 Å². The van der Waals surface area contributed by atoms with Crippen LogP contribution < -0.4 is 32.3 Å². The van der Waals surface area contributed by atoms with Crippen molar-refractivity contribution in [1.82, 2.24) is 20.9 Å². The summed E-state index contributed by atoms with van der Waals surface area (Å²) in [6.07, 6.45) is 0. The molecule has 0 unspecified atom stereocenters. The van der Waals surface area contributed by atoms with E-state index in [2.05, 4.69) is 80.7 Å². The number of hydrogen-bond acceptors (Lipinski definition) is 11. The van der Waals surface area contributed by atoms with Gasteiger partial charge in [0.1, 0.15) is 21.7 Å². The molecular weight excluding hydrogens is 610 g/mol. The number of nitrogens with one attached hydrogen (secondary N) is 5. The van der Waals surface area contributed by atoms with Crippen LogP contribution >= 0.6 is 35.1 Å². The van der Waals surface area contributed by atoms with Gasteiger partial charge >= 0.3 is 0 Å². The average Bonchev–Trinajstić information content (AvgIpc) is 3.51. The minimum absolute atomic E-state index is 0. The molecule has 4 aliphatic rings. The number of rotatable bonds is 0. The Morgan fingerprint density at radius 2 is 1.14 bits per heavy atom. The first kappa shape index (κ1) is 32.0. The van der Waals surface area contributed by atoms with Gasteiger partial charge in [-0.05, 0) is 50.2 Å². The number of benzene rings is 2. The van der Waals surface area contributed by atoms with Crippen molar-refractivity contribution in [3.63, 3.8) is 0 Å². The lowest BCUT2D eigenvalue weighted by Crippen LogP contribution is -2.46. The lowest BCUT2D eigenvalue weighted by molar-refractivity contribution is 0.358. The number of nitrogens with zero attached hydrogens (tertiary/aromatic N) is 3. The second-order valence-corrected chi connectivity index (χ2v) is 13.2. The molecule has 2 aromatic carbocycles. The van der Waals surface area contributed by atoms with Gasteiger partial charge in [-0.1, -0.05) is 24.3 Å². The summed E-state index contributed by atoms with van der Waals surface area (Å²) in [5.74, 6) is 1.69. The van der Waals surface area contributed by atoms with Crippen LogP contribution in [0.5, 0.6) is 0 Å². The predicted octanol–water partition coefficient (Wildman–Crippen LogP) is 5.85. The van der Waals surface area contributed by atoms with Crippen LogP contribution in [0.1, 0.15) is 20.9 Å². The van der Waals surface area contributed by atoms with E-state index in [0.717, 1.165) is 91.5 Å². The van der Waals surface area contributed by atoms with Crippen LogP contribution in [0.25, 0.3) is 0 Å². The summed E-state index contributed by atoms with van der Waals surface area (Å²) >= 11 is 3.50. The molecule has 0 saturated carbocycles. The number of aryl methyl sites for hydroxylation is 2. The smallest absolute Gasteiger partial charge is 0.139 e. The largest absolute Gasteiger partial charge is 0.383 e. The number of amidine groups is 2. The van der Waals surface area contributed by atoms with Crippen molar-refractivity contribution in [2.75, 3.05) is 63.0 Å². The molecule has 0 aliphatic carbocycles. The van der Waals surface area contributed by atoms with Crippen LogP contribution in [0.3, 0.4) is 0 Å². The Hall–Kier alpha value is -3.45. The first-order valence-electron chi connectivity index (χ1n) is 14.8. The monoisotopic (exact) mass is 649 g/mol. The van der Waals surface area contributed by atoms with Crippen molar-refractivity contribution < 1.29 is 0 Å². The van der Waals surface area contributed by atoms with E-state index < -0.39 is 0 Å². The van der Waals surface area contributed by atoms with Crippen molar-refractivity contribution in [2.24, 2.45) is 15.7 Å². The van der Waals surface area contributed by atoms with Crippen LogP contribution in [-0.4, -0.2) is 68.9 Å². The molecule has 8 rings (SSSR count). The van der Waals surface area contributed by atoms with Gasteiger partial charge in [0.25, 0.3) is 0 Å². The third-order valence-electron chi connectivity index (χ3n) is 7.37. The third kappa shape index (κ3) is 7.60. The van der Waals surface area contributed by atoms with Crippen molar-refractivity contribution in [1.29, 1.82) is 0 Å². The van der Waals surface area contributed by atoms with Crippen LogP contribution in [0, 0.1) is 13.8 Å². The van der Waals surface area contributed by atoms with E-state index in [-0.39, 0.29) is 12.4 Å². The Balaban J connectivity index is 0.000000148. The van der Waals surface area contributed by atoms with Gasteiger partial charge in [-0.2, -0.15) is 0 Å². The van der Waals surface area contributed by atoms with Gasteiger partial charge in [-0.3, -0.25) is 0 Å². The zero-order chi connectivity index (χ0) is 29.6. The molecule has 0 spiro atoms. The molecule has 44 heavy (non-hydrogen) atoms. The zero-order valence-electron chi connectivity index (χ0n) is 25.1. The van der Waals surface area contributed by atoms with Crippen LogP contribution in [0.4, 0.5) is 32.8 Å². The van der Waals surface area contributed by atoms with Gasteiger partial charge in [-0.25, -0.2) is 9.98 Å². The minimum Gasteiger partial charge on any atom is -0.383 e. The second-order valence-electron chi connectivity index (χ2n) is 10.7. The Bertz CT molecular complexity index is 1610. The van der Waals surface area contributed by atoms with Crippen molar-refractivity contribution in [3.8, 4) is 0 Å². The molecule has 2 aromatic heterocycles. The van der Waals surface area contributed by atoms with E-state index in [1.54, 1.807) is 22.7 Å². The number of fused-ring (bicyclic) bond motifs is 4. The maximum absolute atomic E-state index is 5.99. The fourth-order valence-corrected chi connectivity index (χ4v) is 7.11. The summed E-state index contributed by atoms with van der Waals surface area (Å²) in [7, 11) is 0. The standard InChI is InChI=1S/C16H18N4S.C12H11N3S.C4H10N2.ClH/c1-11-10-12-15(20-8-6-17-7-9-20)18-13-4-2-3-5-14(13)19-16(12)21-11;1-7-6-8-11(13)14-9-4-2-3-5-10(9)15-12(8)16-7;1-2-6-4-3-5-1;/h2-5,10,17,19H,6-9H2,1H3;2-6,15H,1H3,(H2,13,14);5-6H,1-4H2;1H. The third-order valence-corrected chi connectivity index (χ3v) is 9.30. The summed E-state index contributed by atoms with van der Waals surface area (Å²) in [6.45, 7) is 12.8. The van der Waals surface area contributed by atoms with Gasteiger partial charge in [-0.15, -0.1) is 35.1 Å². The number of aliphatic imine (C=N–C) groups is 2. The maximum Gasteiger partial charge on any atom is 0.139 e. The average molecular weight is 650 g/mol. The van der Waals surface area contributed by atoms with Crippen molar-refractivity contribution >= 4 is 79.5 Å². The number of piperazine rings is 2. The normalized spacial score (nSPS) is 16.4.